The molecule has 8 heteroatoms. The number of rotatable bonds is 5. The van der Waals surface area contributed by atoms with Gasteiger partial charge in [-0.1, -0.05) is 18.0 Å². The van der Waals surface area contributed by atoms with Crippen LogP contribution >= 0.6 is 11.6 Å². The smallest absolute Gasteiger partial charge is 0.273 e. The Labute approximate surface area is 161 Å². The average Bonchev–Trinajstić information content (AvgIpc) is 2.65. The van der Waals surface area contributed by atoms with Crippen molar-refractivity contribution < 1.29 is 14.1 Å². The van der Waals surface area contributed by atoms with Crippen LogP contribution in [0.2, 0.25) is 5.02 Å². The molecule has 1 aliphatic rings. The summed E-state index contributed by atoms with van der Waals surface area (Å²) in [5.74, 6) is -1.10. The molecule has 0 bridgehead atoms. The summed E-state index contributed by atoms with van der Waals surface area (Å²) in [6.07, 6.45) is 3.30. The summed E-state index contributed by atoms with van der Waals surface area (Å²) in [4.78, 5) is 25.5. The highest BCUT2D eigenvalue weighted by atomic mass is 35.5. The Balaban J connectivity index is 1.81. The number of nitrogens with one attached hydrogen (secondary N) is 1. The van der Waals surface area contributed by atoms with Gasteiger partial charge in [-0.3, -0.25) is 19.8 Å². The van der Waals surface area contributed by atoms with Crippen molar-refractivity contribution in [3.8, 4) is 0 Å². The van der Waals surface area contributed by atoms with E-state index in [-0.39, 0.29) is 22.0 Å². The van der Waals surface area contributed by atoms with Crippen molar-refractivity contribution >= 4 is 28.9 Å². The third-order valence-corrected chi connectivity index (χ3v) is 4.87. The molecule has 2 aromatic carbocycles. The molecule has 0 saturated carbocycles. The highest BCUT2D eigenvalue weighted by molar-refractivity contribution is 6.30. The summed E-state index contributed by atoms with van der Waals surface area (Å²) in [5, 5.41) is 13.9. The van der Waals surface area contributed by atoms with Crippen LogP contribution in [0.5, 0.6) is 0 Å². The number of hydrogen-bond acceptors (Lipinski definition) is 4. The molecule has 1 N–H and O–H groups in total. The molecular weight excluding hydrogens is 373 g/mol. The van der Waals surface area contributed by atoms with E-state index in [2.05, 4.69) is 10.2 Å². The molecule has 0 aliphatic carbocycles. The van der Waals surface area contributed by atoms with Crippen molar-refractivity contribution in [2.24, 2.45) is 0 Å². The molecule has 2 aromatic rings. The third-order valence-electron chi connectivity index (χ3n) is 4.56. The minimum atomic E-state index is -0.635. The van der Waals surface area contributed by atoms with Gasteiger partial charge in [0.25, 0.3) is 11.6 Å². The summed E-state index contributed by atoms with van der Waals surface area (Å²) < 4.78 is 13.5. The maximum atomic E-state index is 13.5. The molecule has 0 radical (unpaired) electrons. The van der Waals surface area contributed by atoms with Crippen molar-refractivity contribution in [2.45, 2.75) is 25.8 Å². The van der Waals surface area contributed by atoms with Gasteiger partial charge in [0, 0.05) is 29.4 Å². The SMILES string of the molecule is O=C(Nc1ccc(Cl)c(F)c1)c1ccc([N+](=O)[O-])c(CN2CCCCC2)c1. The second-order valence-corrected chi connectivity index (χ2v) is 6.93. The molecule has 1 amide bonds. The Bertz CT molecular complexity index is 869. The van der Waals surface area contributed by atoms with Crippen LogP contribution in [0, 0.1) is 15.9 Å². The number of nitro groups is 1. The Hall–Kier alpha value is -2.51. The van der Waals surface area contributed by atoms with E-state index in [4.69, 9.17) is 11.6 Å². The number of amides is 1. The zero-order valence-electron chi connectivity index (χ0n) is 14.6. The van der Waals surface area contributed by atoms with Crippen LogP contribution in [-0.2, 0) is 6.54 Å². The van der Waals surface area contributed by atoms with E-state index in [1.54, 1.807) is 0 Å². The van der Waals surface area contributed by atoms with Gasteiger partial charge in [0.2, 0.25) is 0 Å². The van der Waals surface area contributed by atoms with E-state index in [9.17, 15) is 19.3 Å². The van der Waals surface area contributed by atoms with Gasteiger partial charge in [-0.25, -0.2) is 4.39 Å². The minimum absolute atomic E-state index is 0.00494. The Kier molecular flexibility index (Phi) is 6.03. The normalized spacial score (nSPS) is 14.7. The fourth-order valence-electron chi connectivity index (χ4n) is 3.17. The quantitative estimate of drug-likeness (QED) is 0.595. The maximum absolute atomic E-state index is 13.5. The van der Waals surface area contributed by atoms with Gasteiger partial charge >= 0.3 is 0 Å². The molecule has 142 valence electrons. The van der Waals surface area contributed by atoms with E-state index >= 15 is 0 Å². The summed E-state index contributed by atoms with van der Waals surface area (Å²) in [5.41, 5.74) is 1.03. The molecule has 0 unspecified atom stereocenters. The lowest BCUT2D eigenvalue weighted by Gasteiger charge is -2.26. The molecule has 0 atom stereocenters. The van der Waals surface area contributed by atoms with Crippen LogP contribution in [0.3, 0.4) is 0 Å². The molecule has 0 aromatic heterocycles. The molecule has 1 fully saturated rings. The molecule has 1 aliphatic heterocycles. The third kappa shape index (κ3) is 4.81. The lowest BCUT2D eigenvalue weighted by molar-refractivity contribution is -0.385. The molecule has 6 nitrogen and oxygen atoms in total. The number of likely N-dealkylation sites (tertiary alicyclic amines) is 1. The van der Waals surface area contributed by atoms with Crippen LogP contribution < -0.4 is 5.32 Å². The van der Waals surface area contributed by atoms with E-state index in [0.29, 0.717) is 12.1 Å². The lowest BCUT2D eigenvalue weighted by atomic mass is 10.1. The summed E-state index contributed by atoms with van der Waals surface area (Å²) in [6.45, 7) is 2.20. The van der Waals surface area contributed by atoms with E-state index in [0.717, 1.165) is 32.0 Å². The predicted molar refractivity (Wildman–Crippen MR) is 102 cm³/mol. The molecule has 3 rings (SSSR count). The van der Waals surface area contributed by atoms with Gasteiger partial charge < -0.3 is 5.32 Å². The fourth-order valence-corrected chi connectivity index (χ4v) is 3.28. The van der Waals surface area contributed by atoms with Crippen molar-refractivity contribution in [1.29, 1.82) is 0 Å². The molecule has 1 heterocycles. The minimum Gasteiger partial charge on any atom is -0.322 e. The number of carbonyl (C=O) groups excluding carboxylic acids is 1. The van der Waals surface area contributed by atoms with Gasteiger partial charge in [-0.2, -0.15) is 0 Å². The molecule has 0 spiro atoms. The largest absolute Gasteiger partial charge is 0.322 e. The van der Waals surface area contributed by atoms with Crippen LogP contribution in [0.1, 0.15) is 35.2 Å². The lowest BCUT2D eigenvalue weighted by Crippen LogP contribution is -2.29. The Morgan fingerprint density at radius 3 is 2.59 bits per heavy atom. The summed E-state index contributed by atoms with van der Waals surface area (Å²) in [7, 11) is 0. The average molecular weight is 392 g/mol. The van der Waals surface area contributed by atoms with Gasteiger partial charge in [-0.05, 0) is 56.3 Å². The van der Waals surface area contributed by atoms with Crippen molar-refractivity contribution in [1.82, 2.24) is 4.90 Å². The first kappa shape index (κ1) is 19.3. The van der Waals surface area contributed by atoms with E-state index in [1.165, 1.54) is 36.8 Å². The van der Waals surface area contributed by atoms with Crippen molar-refractivity contribution in [3.63, 3.8) is 0 Å². The monoisotopic (exact) mass is 391 g/mol. The Morgan fingerprint density at radius 1 is 1.19 bits per heavy atom. The van der Waals surface area contributed by atoms with Crippen molar-refractivity contribution in [2.75, 3.05) is 18.4 Å². The maximum Gasteiger partial charge on any atom is 0.273 e. The predicted octanol–water partition coefficient (Wildman–Crippen LogP) is 4.63. The van der Waals surface area contributed by atoms with Crippen LogP contribution in [0.25, 0.3) is 0 Å². The number of hydrogen-bond donors (Lipinski definition) is 1. The highest BCUT2D eigenvalue weighted by Gasteiger charge is 2.20. The summed E-state index contributed by atoms with van der Waals surface area (Å²) >= 11 is 5.64. The highest BCUT2D eigenvalue weighted by Crippen LogP contribution is 2.24. The van der Waals surface area contributed by atoms with Crippen LogP contribution in [0.4, 0.5) is 15.8 Å². The standard InChI is InChI=1S/C19H19ClFN3O3/c20-16-6-5-15(11-17(16)21)22-19(25)13-4-7-18(24(26)27)14(10-13)12-23-8-2-1-3-9-23/h4-7,10-11H,1-3,8-9,12H2,(H,22,25). The number of piperidine rings is 1. The van der Waals surface area contributed by atoms with Gasteiger partial charge in [0.1, 0.15) is 5.82 Å². The first-order valence-corrected chi connectivity index (χ1v) is 9.08. The van der Waals surface area contributed by atoms with Crippen LogP contribution in [0.15, 0.2) is 36.4 Å². The first-order valence-electron chi connectivity index (χ1n) is 8.70. The number of halogens is 2. The van der Waals surface area contributed by atoms with Gasteiger partial charge in [0.05, 0.1) is 9.95 Å². The topological polar surface area (TPSA) is 75.5 Å². The number of nitro benzene ring substituents is 1. The Morgan fingerprint density at radius 2 is 1.93 bits per heavy atom. The van der Waals surface area contributed by atoms with Gasteiger partial charge in [-0.15, -0.1) is 0 Å². The number of nitrogens with zero attached hydrogens (tertiary/aromatic N) is 2. The fraction of sp³-hybridized carbons (Fsp3) is 0.316. The number of benzene rings is 2. The second kappa shape index (κ2) is 8.45. The zero-order valence-corrected chi connectivity index (χ0v) is 15.3. The van der Waals surface area contributed by atoms with Gasteiger partial charge in [0.15, 0.2) is 0 Å². The van der Waals surface area contributed by atoms with Crippen molar-refractivity contribution in [3.05, 3.63) is 68.5 Å². The summed E-state index contributed by atoms with van der Waals surface area (Å²) in [6, 6.07) is 8.25. The van der Waals surface area contributed by atoms with E-state index in [1.807, 2.05) is 0 Å². The number of anilines is 1. The van der Waals surface area contributed by atoms with Crippen LogP contribution in [-0.4, -0.2) is 28.8 Å². The molecule has 27 heavy (non-hydrogen) atoms. The molecular formula is C19H19ClFN3O3. The zero-order chi connectivity index (χ0) is 19.4. The molecule has 1 saturated heterocycles. The van der Waals surface area contributed by atoms with E-state index < -0.39 is 16.6 Å². The number of carbonyl (C=O) groups is 1. The first-order chi connectivity index (χ1) is 12.9. The second-order valence-electron chi connectivity index (χ2n) is 6.52.